The monoisotopic (exact) mass is 244 g/mol. The molecule has 98 valence electrons. The Morgan fingerprint density at radius 2 is 2.11 bits per heavy atom. The molecule has 2 nitrogen and oxygen atoms in total. The van der Waals surface area contributed by atoms with Gasteiger partial charge in [0, 0.05) is 18.1 Å². The molecule has 0 aromatic heterocycles. The molecule has 0 heterocycles. The second-order valence-electron chi connectivity index (χ2n) is 6.22. The van der Waals surface area contributed by atoms with Crippen LogP contribution in [0.15, 0.2) is 30.3 Å². The van der Waals surface area contributed by atoms with Gasteiger partial charge in [-0.15, -0.1) is 0 Å². The van der Waals surface area contributed by atoms with Gasteiger partial charge in [0.2, 0.25) is 0 Å². The number of nitrogens with one attached hydrogen (secondary N) is 1. The minimum atomic E-state index is 0.207. The van der Waals surface area contributed by atoms with Crippen LogP contribution >= 0.6 is 0 Å². The van der Waals surface area contributed by atoms with Crippen LogP contribution in [0, 0.1) is 11.8 Å². The molecule has 4 unspecified atom stereocenters. The molecule has 18 heavy (non-hydrogen) atoms. The third-order valence-electron chi connectivity index (χ3n) is 5.14. The summed E-state index contributed by atoms with van der Waals surface area (Å²) in [5.41, 5.74) is 7.69. The Morgan fingerprint density at radius 3 is 2.67 bits per heavy atom. The van der Waals surface area contributed by atoms with E-state index in [4.69, 9.17) is 5.73 Å². The first kappa shape index (κ1) is 12.2. The van der Waals surface area contributed by atoms with Gasteiger partial charge in [0.25, 0.3) is 0 Å². The van der Waals surface area contributed by atoms with Crippen molar-refractivity contribution < 1.29 is 0 Å². The molecule has 3 N–H and O–H groups in total. The van der Waals surface area contributed by atoms with Gasteiger partial charge in [-0.1, -0.05) is 36.8 Å². The largest absolute Gasteiger partial charge is 0.329 e. The molecule has 4 atom stereocenters. The minimum Gasteiger partial charge on any atom is -0.329 e. The average molecular weight is 244 g/mol. The minimum absolute atomic E-state index is 0.207. The van der Waals surface area contributed by atoms with Crippen LogP contribution < -0.4 is 11.1 Å². The quantitative estimate of drug-likeness (QED) is 0.854. The van der Waals surface area contributed by atoms with Crippen molar-refractivity contribution in [2.45, 2.75) is 44.2 Å². The first-order chi connectivity index (χ1) is 8.73. The van der Waals surface area contributed by atoms with E-state index in [1.165, 1.54) is 31.2 Å². The second-order valence-corrected chi connectivity index (χ2v) is 6.22. The molecule has 2 heteroatoms. The van der Waals surface area contributed by atoms with E-state index < -0.39 is 0 Å². The maximum Gasteiger partial charge on any atom is 0.0340 e. The Balaban J connectivity index is 1.75. The summed E-state index contributed by atoms with van der Waals surface area (Å²) in [5.74, 6) is 1.73. The van der Waals surface area contributed by atoms with E-state index in [1.54, 1.807) is 0 Å². The molecule has 1 aromatic carbocycles. The Morgan fingerprint density at radius 1 is 1.33 bits per heavy atom. The third-order valence-corrected chi connectivity index (χ3v) is 5.14. The van der Waals surface area contributed by atoms with Crippen molar-refractivity contribution in [3.63, 3.8) is 0 Å². The fourth-order valence-electron chi connectivity index (χ4n) is 4.19. The van der Waals surface area contributed by atoms with E-state index in [-0.39, 0.29) is 5.54 Å². The van der Waals surface area contributed by atoms with Crippen LogP contribution in [-0.2, 0) is 0 Å². The molecule has 0 aliphatic heterocycles. The first-order valence-corrected chi connectivity index (χ1v) is 7.26. The zero-order valence-electron chi connectivity index (χ0n) is 11.2. The lowest BCUT2D eigenvalue weighted by Gasteiger charge is -2.40. The highest BCUT2D eigenvalue weighted by Crippen LogP contribution is 2.51. The van der Waals surface area contributed by atoms with Gasteiger partial charge < -0.3 is 11.1 Å². The number of hydrogen-bond acceptors (Lipinski definition) is 2. The van der Waals surface area contributed by atoms with Crippen molar-refractivity contribution in [1.29, 1.82) is 0 Å². The van der Waals surface area contributed by atoms with Gasteiger partial charge in [-0.05, 0) is 43.6 Å². The third kappa shape index (κ3) is 1.98. The smallest absolute Gasteiger partial charge is 0.0340 e. The number of rotatable bonds is 4. The first-order valence-electron chi connectivity index (χ1n) is 7.26. The maximum absolute atomic E-state index is 6.12. The fraction of sp³-hybridized carbons (Fsp3) is 0.625. The SMILES string of the molecule is CC(NC1(CN)CC2CCC1C2)c1ccccc1. The maximum atomic E-state index is 6.12. The fourth-order valence-corrected chi connectivity index (χ4v) is 4.19. The van der Waals surface area contributed by atoms with Crippen molar-refractivity contribution in [1.82, 2.24) is 5.32 Å². The summed E-state index contributed by atoms with van der Waals surface area (Å²) in [6.07, 6.45) is 5.47. The second kappa shape index (κ2) is 4.67. The van der Waals surface area contributed by atoms with Crippen molar-refractivity contribution in [3.8, 4) is 0 Å². The van der Waals surface area contributed by atoms with E-state index >= 15 is 0 Å². The van der Waals surface area contributed by atoms with E-state index in [0.717, 1.165) is 18.4 Å². The lowest BCUT2D eigenvalue weighted by molar-refractivity contribution is 0.197. The standard InChI is InChI=1S/C16H24N2/c1-12(14-5-3-2-4-6-14)18-16(11-17)10-13-7-8-15(16)9-13/h2-6,12-13,15,18H,7-11,17H2,1H3. The molecule has 2 fully saturated rings. The van der Waals surface area contributed by atoms with Crippen molar-refractivity contribution >= 4 is 0 Å². The molecule has 2 aliphatic rings. The topological polar surface area (TPSA) is 38.0 Å². The van der Waals surface area contributed by atoms with Crippen LogP contribution in [-0.4, -0.2) is 12.1 Å². The summed E-state index contributed by atoms with van der Waals surface area (Å²) in [6, 6.07) is 11.1. The van der Waals surface area contributed by atoms with Crippen LogP contribution in [0.25, 0.3) is 0 Å². The van der Waals surface area contributed by atoms with Crippen LogP contribution in [0.2, 0.25) is 0 Å². The Bertz CT molecular complexity index is 403. The summed E-state index contributed by atoms with van der Waals surface area (Å²) in [4.78, 5) is 0. The van der Waals surface area contributed by atoms with Gasteiger partial charge in [-0.2, -0.15) is 0 Å². The Hall–Kier alpha value is -0.860. The van der Waals surface area contributed by atoms with E-state index in [2.05, 4.69) is 42.6 Å². The van der Waals surface area contributed by atoms with Crippen LogP contribution in [0.5, 0.6) is 0 Å². The highest BCUT2D eigenvalue weighted by Gasteiger charge is 2.50. The molecule has 0 radical (unpaired) electrons. The summed E-state index contributed by atoms with van der Waals surface area (Å²) in [7, 11) is 0. The molecule has 2 saturated carbocycles. The van der Waals surface area contributed by atoms with Crippen molar-refractivity contribution in [2.24, 2.45) is 17.6 Å². The van der Waals surface area contributed by atoms with Crippen molar-refractivity contribution in [3.05, 3.63) is 35.9 Å². The zero-order valence-corrected chi connectivity index (χ0v) is 11.2. The van der Waals surface area contributed by atoms with Gasteiger partial charge >= 0.3 is 0 Å². The van der Waals surface area contributed by atoms with E-state index in [0.29, 0.717) is 6.04 Å². The molecule has 2 aliphatic carbocycles. The zero-order chi connectivity index (χ0) is 12.6. The summed E-state index contributed by atoms with van der Waals surface area (Å²) < 4.78 is 0. The molecule has 2 bridgehead atoms. The number of fused-ring (bicyclic) bond motifs is 2. The van der Waals surface area contributed by atoms with Crippen LogP contribution in [0.4, 0.5) is 0 Å². The molecule has 0 spiro atoms. The van der Waals surface area contributed by atoms with Gasteiger partial charge in [0.05, 0.1) is 0 Å². The molecular formula is C16H24N2. The highest BCUT2D eigenvalue weighted by atomic mass is 15.1. The van der Waals surface area contributed by atoms with Crippen molar-refractivity contribution in [2.75, 3.05) is 6.54 Å². The normalized spacial score (nSPS) is 35.9. The number of nitrogens with two attached hydrogens (primary N) is 1. The lowest BCUT2D eigenvalue weighted by Crippen LogP contribution is -2.55. The highest BCUT2D eigenvalue weighted by molar-refractivity contribution is 5.20. The van der Waals surface area contributed by atoms with Crippen LogP contribution in [0.1, 0.15) is 44.2 Å². The molecule has 0 amide bonds. The molecule has 0 saturated heterocycles. The van der Waals surface area contributed by atoms with Gasteiger partial charge in [0.1, 0.15) is 0 Å². The molecular weight excluding hydrogens is 220 g/mol. The average Bonchev–Trinajstić information content (AvgIpc) is 3.00. The van der Waals surface area contributed by atoms with Gasteiger partial charge in [-0.3, -0.25) is 0 Å². The molecule has 1 aromatic rings. The van der Waals surface area contributed by atoms with Gasteiger partial charge in [-0.25, -0.2) is 0 Å². The molecule has 3 rings (SSSR count). The predicted molar refractivity (Wildman–Crippen MR) is 75.2 cm³/mol. The summed E-state index contributed by atoms with van der Waals surface area (Å²) in [5, 5.41) is 3.86. The number of benzene rings is 1. The van der Waals surface area contributed by atoms with E-state index in [9.17, 15) is 0 Å². The van der Waals surface area contributed by atoms with Crippen LogP contribution in [0.3, 0.4) is 0 Å². The Labute approximate surface area is 110 Å². The van der Waals surface area contributed by atoms with Gasteiger partial charge in [0.15, 0.2) is 0 Å². The number of hydrogen-bond donors (Lipinski definition) is 2. The lowest BCUT2D eigenvalue weighted by atomic mass is 9.80. The summed E-state index contributed by atoms with van der Waals surface area (Å²) >= 11 is 0. The summed E-state index contributed by atoms with van der Waals surface area (Å²) in [6.45, 7) is 3.05. The predicted octanol–water partition coefficient (Wildman–Crippen LogP) is 2.85. The van der Waals surface area contributed by atoms with E-state index in [1.807, 2.05) is 0 Å². The Kier molecular flexibility index (Phi) is 3.16.